The van der Waals surface area contributed by atoms with E-state index in [1.165, 1.54) is 0 Å². The molecular weight excluding hydrogens is 477 g/mol. The zero-order valence-electron chi connectivity index (χ0n) is 22.3. The number of hydrogen-bond acceptors (Lipinski definition) is 8. The highest BCUT2D eigenvalue weighted by atomic mass is 28.4. The molecule has 2 aliphatic rings. The first-order valence-corrected chi connectivity index (χ1v) is 15.4. The van der Waals surface area contributed by atoms with E-state index < -0.39 is 8.32 Å². The zero-order chi connectivity index (χ0) is 25.9. The van der Waals surface area contributed by atoms with Crippen LogP contribution >= 0.6 is 0 Å². The number of halogens is 1. The van der Waals surface area contributed by atoms with Crippen LogP contribution in [0.3, 0.4) is 0 Å². The van der Waals surface area contributed by atoms with Crippen LogP contribution < -0.4 is 4.90 Å². The van der Waals surface area contributed by atoms with Crippen molar-refractivity contribution in [3.05, 3.63) is 42.0 Å². The van der Waals surface area contributed by atoms with E-state index in [0.29, 0.717) is 48.4 Å². The number of nitrogens with zero attached hydrogens (tertiary/aromatic N) is 5. The molecule has 2 saturated heterocycles. The van der Waals surface area contributed by atoms with Crippen molar-refractivity contribution in [2.24, 2.45) is 5.16 Å². The van der Waals surface area contributed by atoms with Gasteiger partial charge >= 0.3 is 0 Å². The van der Waals surface area contributed by atoms with E-state index in [9.17, 15) is 0 Å². The van der Waals surface area contributed by atoms with Crippen molar-refractivity contribution in [2.75, 3.05) is 51.3 Å². The normalized spacial score (nSPS) is 17.1. The van der Waals surface area contributed by atoms with Gasteiger partial charge in [-0.05, 0) is 18.1 Å². The second kappa shape index (κ2) is 10.9. The number of aromatic nitrogens is 2. The molecule has 0 aliphatic carbocycles. The first-order valence-electron chi connectivity index (χ1n) is 12.5. The molecule has 0 radical (unpaired) electrons. The molecule has 0 amide bonds. The lowest BCUT2D eigenvalue weighted by molar-refractivity contribution is -0.0399. The van der Waals surface area contributed by atoms with Crippen LogP contribution in [0.4, 0.5) is 10.3 Å². The third-order valence-electron chi connectivity index (χ3n) is 7.40. The van der Waals surface area contributed by atoms with Crippen LogP contribution in [0.25, 0.3) is 11.1 Å². The largest absolute Gasteiger partial charge is 0.412 e. The van der Waals surface area contributed by atoms with Gasteiger partial charge in [-0.2, -0.15) is 0 Å². The van der Waals surface area contributed by atoms with Gasteiger partial charge in [0.2, 0.25) is 5.95 Å². The molecule has 196 valence electrons. The molecule has 3 heterocycles. The van der Waals surface area contributed by atoms with E-state index >= 15 is 4.39 Å². The van der Waals surface area contributed by atoms with Crippen LogP contribution in [-0.2, 0) is 20.6 Å². The minimum atomic E-state index is -1.97. The van der Waals surface area contributed by atoms with Crippen molar-refractivity contribution in [2.45, 2.75) is 51.6 Å². The van der Waals surface area contributed by atoms with E-state index in [1.807, 2.05) is 11.0 Å². The summed E-state index contributed by atoms with van der Waals surface area (Å²) in [4.78, 5) is 18.7. The molecule has 4 rings (SSSR count). The Morgan fingerprint density at radius 3 is 2.47 bits per heavy atom. The first kappa shape index (κ1) is 26.7. The summed E-state index contributed by atoms with van der Waals surface area (Å²) in [5.74, 6) is 0.320. The van der Waals surface area contributed by atoms with Crippen LogP contribution in [-0.4, -0.2) is 81.4 Å². The molecule has 2 aliphatic heterocycles. The molecular formula is C26H38FN5O3Si. The highest BCUT2D eigenvalue weighted by Gasteiger charge is 2.37. The number of hydrogen-bond donors (Lipinski definition) is 0. The number of methoxy groups -OCH3 is 1. The maximum absolute atomic E-state index is 15.3. The van der Waals surface area contributed by atoms with E-state index in [-0.39, 0.29) is 17.5 Å². The molecule has 0 saturated carbocycles. The van der Waals surface area contributed by atoms with Crippen LogP contribution in [0.1, 0.15) is 26.3 Å². The summed E-state index contributed by atoms with van der Waals surface area (Å²) in [6.07, 6.45) is 3.70. The predicted molar refractivity (Wildman–Crippen MR) is 142 cm³/mol. The van der Waals surface area contributed by atoms with Gasteiger partial charge in [-0.1, -0.05) is 44.1 Å². The Bertz CT molecular complexity index is 1060. The molecule has 10 heteroatoms. The van der Waals surface area contributed by atoms with Crippen LogP contribution in [0, 0.1) is 5.82 Å². The Morgan fingerprint density at radius 2 is 1.83 bits per heavy atom. The van der Waals surface area contributed by atoms with Gasteiger partial charge in [0.15, 0.2) is 8.32 Å². The number of anilines is 1. The molecule has 1 aromatic heterocycles. The van der Waals surface area contributed by atoms with Crippen LogP contribution in [0.5, 0.6) is 0 Å². The first-order chi connectivity index (χ1) is 17.1. The summed E-state index contributed by atoms with van der Waals surface area (Å²) >= 11 is 0. The number of oxime groups is 1. The summed E-state index contributed by atoms with van der Waals surface area (Å²) in [5.41, 5.74) is 2.64. The highest BCUT2D eigenvalue weighted by molar-refractivity contribution is 6.74. The summed E-state index contributed by atoms with van der Waals surface area (Å²) < 4.78 is 26.8. The SMILES string of the molecule is COC1CN(CCON=C2CN(c3ncc(-c4cccc(CO[Si](C)(C)C(C)(C)C)c4F)cn3)C2)C1. The van der Waals surface area contributed by atoms with Gasteiger partial charge in [0.25, 0.3) is 0 Å². The standard InChI is InChI=1S/C26H38FN5O3Si/c1-26(2,3)36(5,6)35-18-19-8-7-9-23(24(19)27)20-12-28-25(29-13-20)32-14-21(15-32)30-34-11-10-31-16-22(17-31)33-4/h7-9,12-13,22H,10-11,14-18H2,1-6H3. The zero-order valence-corrected chi connectivity index (χ0v) is 23.3. The lowest BCUT2D eigenvalue weighted by atomic mass is 10.1. The van der Waals surface area contributed by atoms with Crippen LogP contribution in [0.15, 0.2) is 35.7 Å². The van der Waals surface area contributed by atoms with Gasteiger partial charge in [0.1, 0.15) is 12.4 Å². The molecule has 1 aromatic carbocycles. The summed E-state index contributed by atoms with van der Waals surface area (Å²) in [6.45, 7) is 15.7. The second-order valence-electron chi connectivity index (χ2n) is 11.1. The van der Waals surface area contributed by atoms with Gasteiger partial charge in [0, 0.05) is 55.8 Å². The van der Waals surface area contributed by atoms with E-state index in [0.717, 1.165) is 25.3 Å². The molecule has 2 aromatic rings. The van der Waals surface area contributed by atoms with Gasteiger partial charge in [-0.15, -0.1) is 0 Å². The Morgan fingerprint density at radius 1 is 1.14 bits per heavy atom. The number of rotatable bonds is 10. The molecule has 2 fully saturated rings. The van der Waals surface area contributed by atoms with Crippen molar-refractivity contribution >= 4 is 20.0 Å². The molecule has 0 spiro atoms. The van der Waals surface area contributed by atoms with E-state index in [4.69, 9.17) is 14.0 Å². The Labute approximate surface area is 214 Å². The second-order valence-corrected chi connectivity index (χ2v) is 15.9. The fourth-order valence-corrected chi connectivity index (χ4v) is 4.72. The summed E-state index contributed by atoms with van der Waals surface area (Å²) in [6, 6.07) is 5.39. The Hall–Kier alpha value is -2.40. The highest BCUT2D eigenvalue weighted by Crippen LogP contribution is 2.37. The van der Waals surface area contributed by atoms with E-state index in [1.54, 1.807) is 31.6 Å². The Kier molecular flexibility index (Phi) is 8.08. The van der Waals surface area contributed by atoms with Gasteiger partial charge in [-0.3, -0.25) is 4.90 Å². The summed E-state index contributed by atoms with van der Waals surface area (Å²) in [5, 5.41) is 4.28. The minimum absolute atomic E-state index is 0.0702. The van der Waals surface area contributed by atoms with Gasteiger partial charge in [0.05, 0.1) is 31.5 Å². The number of ether oxygens (including phenoxy) is 1. The van der Waals surface area contributed by atoms with Gasteiger partial charge < -0.3 is 18.9 Å². The van der Waals surface area contributed by atoms with Crippen molar-refractivity contribution in [3.8, 4) is 11.1 Å². The Balaban J connectivity index is 1.28. The molecule has 0 bridgehead atoms. The average molecular weight is 516 g/mol. The third kappa shape index (κ3) is 6.11. The van der Waals surface area contributed by atoms with Crippen LogP contribution in [0.2, 0.25) is 18.1 Å². The number of likely N-dealkylation sites (tertiary alicyclic amines) is 1. The minimum Gasteiger partial charge on any atom is -0.412 e. The molecule has 0 atom stereocenters. The van der Waals surface area contributed by atoms with Crippen molar-refractivity contribution in [3.63, 3.8) is 0 Å². The quantitative estimate of drug-likeness (QED) is 0.265. The average Bonchev–Trinajstić information content (AvgIpc) is 2.77. The topological polar surface area (TPSA) is 72.3 Å². The summed E-state index contributed by atoms with van der Waals surface area (Å²) in [7, 11) is -0.229. The monoisotopic (exact) mass is 515 g/mol. The lowest BCUT2D eigenvalue weighted by Crippen LogP contribution is -2.52. The lowest BCUT2D eigenvalue weighted by Gasteiger charge is -2.37. The smallest absolute Gasteiger partial charge is 0.225 e. The predicted octanol–water partition coefficient (Wildman–Crippen LogP) is 4.33. The van der Waals surface area contributed by atoms with Crippen molar-refractivity contribution < 1.29 is 18.4 Å². The van der Waals surface area contributed by atoms with E-state index in [2.05, 4.69) is 53.9 Å². The fraction of sp³-hybridized carbons (Fsp3) is 0.577. The molecule has 0 N–H and O–H groups in total. The maximum Gasteiger partial charge on any atom is 0.225 e. The van der Waals surface area contributed by atoms with Crippen molar-refractivity contribution in [1.29, 1.82) is 0 Å². The van der Waals surface area contributed by atoms with Crippen molar-refractivity contribution in [1.82, 2.24) is 14.9 Å². The van der Waals surface area contributed by atoms with Gasteiger partial charge in [-0.25, -0.2) is 14.4 Å². The molecule has 36 heavy (non-hydrogen) atoms. The maximum atomic E-state index is 15.3. The number of benzene rings is 1. The molecule has 0 unspecified atom stereocenters. The third-order valence-corrected chi connectivity index (χ3v) is 11.9. The fourth-order valence-electron chi connectivity index (χ4n) is 3.77. The molecule has 8 nitrogen and oxygen atoms in total.